The van der Waals surface area contributed by atoms with Crippen molar-refractivity contribution in [3.63, 3.8) is 0 Å². The summed E-state index contributed by atoms with van der Waals surface area (Å²) in [6.45, 7) is 2.06. The Morgan fingerprint density at radius 1 is 1.03 bits per heavy atom. The van der Waals surface area contributed by atoms with Gasteiger partial charge in [0, 0.05) is 16.9 Å². The Kier molecular flexibility index (Phi) is 6.19. The van der Waals surface area contributed by atoms with Crippen LogP contribution >= 0.6 is 11.8 Å². The van der Waals surface area contributed by atoms with E-state index in [1.165, 1.54) is 11.8 Å². The zero-order valence-electron chi connectivity index (χ0n) is 16.8. The molecule has 4 rings (SSSR count). The van der Waals surface area contributed by atoms with Gasteiger partial charge in [0.1, 0.15) is 11.9 Å². The van der Waals surface area contributed by atoms with E-state index in [2.05, 4.69) is 11.4 Å². The molecule has 0 saturated heterocycles. The van der Waals surface area contributed by atoms with Crippen molar-refractivity contribution in [3.05, 3.63) is 83.9 Å². The zero-order valence-corrected chi connectivity index (χ0v) is 17.6. The lowest BCUT2D eigenvalue weighted by atomic mass is 9.95. The minimum atomic E-state index is -0.0797. The molecule has 1 atom stereocenters. The van der Waals surface area contributed by atoms with Gasteiger partial charge in [-0.1, -0.05) is 48.5 Å². The highest BCUT2D eigenvalue weighted by Crippen LogP contribution is 2.34. The van der Waals surface area contributed by atoms with Crippen molar-refractivity contribution in [2.75, 3.05) is 12.3 Å². The molecule has 152 valence electrons. The molecule has 3 aromatic rings. The molecule has 1 aliphatic rings. The number of benzene rings is 3. The first-order valence-electron chi connectivity index (χ1n) is 9.94. The number of carbonyl (C=O) groups is 2. The second-order valence-electron chi connectivity index (χ2n) is 7.27. The summed E-state index contributed by atoms with van der Waals surface area (Å²) in [5.41, 5.74) is 3.76. The third-order valence-corrected chi connectivity index (χ3v) is 6.07. The number of ketones is 1. The molecular weight excluding hydrogens is 394 g/mol. The number of thioether (sulfide) groups is 1. The maximum Gasteiger partial charge on any atom is 0.230 e. The van der Waals surface area contributed by atoms with Crippen molar-refractivity contribution in [1.29, 1.82) is 0 Å². The Bertz CT molecular complexity index is 1060. The minimum absolute atomic E-state index is 0.000478. The van der Waals surface area contributed by atoms with Gasteiger partial charge in [0.2, 0.25) is 5.91 Å². The third-order valence-electron chi connectivity index (χ3n) is 5.06. The van der Waals surface area contributed by atoms with Crippen LogP contribution in [0.3, 0.4) is 0 Å². The quantitative estimate of drug-likeness (QED) is 0.444. The Hall–Kier alpha value is -3.05. The van der Waals surface area contributed by atoms with Crippen molar-refractivity contribution in [1.82, 2.24) is 5.32 Å². The molecule has 0 bridgehead atoms. The summed E-state index contributed by atoms with van der Waals surface area (Å²) in [6, 6.07) is 23.6. The lowest BCUT2D eigenvalue weighted by molar-refractivity contribution is -0.118. The van der Waals surface area contributed by atoms with Gasteiger partial charge in [0.05, 0.1) is 12.3 Å². The van der Waals surface area contributed by atoms with Gasteiger partial charge in [-0.2, -0.15) is 0 Å². The molecule has 0 aromatic heterocycles. The average molecular weight is 418 g/mol. The van der Waals surface area contributed by atoms with Crippen LogP contribution in [-0.4, -0.2) is 30.1 Å². The molecule has 1 aliphatic heterocycles. The molecule has 0 aliphatic carbocycles. The normalized spacial score (nSPS) is 14.6. The summed E-state index contributed by atoms with van der Waals surface area (Å²) in [5, 5.41) is 2.97. The number of amides is 1. The van der Waals surface area contributed by atoms with Crippen LogP contribution < -0.4 is 10.1 Å². The highest BCUT2D eigenvalue weighted by atomic mass is 32.2. The Morgan fingerprint density at radius 2 is 1.80 bits per heavy atom. The van der Waals surface area contributed by atoms with E-state index in [0.29, 0.717) is 12.3 Å². The van der Waals surface area contributed by atoms with Crippen molar-refractivity contribution in [3.8, 4) is 16.9 Å². The van der Waals surface area contributed by atoms with Gasteiger partial charge in [0.25, 0.3) is 0 Å². The third kappa shape index (κ3) is 4.74. The topological polar surface area (TPSA) is 55.4 Å². The van der Waals surface area contributed by atoms with Crippen LogP contribution in [0.1, 0.15) is 22.8 Å². The number of hydrogen-bond donors (Lipinski definition) is 1. The van der Waals surface area contributed by atoms with E-state index in [4.69, 9.17) is 4.74 Å². The first-order chi connectivity index (χ1) is 14.6. The molecule has 0 spiro atoms. The Labute approximate surface area is 180 Å². The molecule has 0 radical (unpaired) electrons. The fourth-order valence-corrected chi connectivity index (χ4v) is 4.34. The van der Waals surface area contributed by atoms with E-state index >= 15 is 0 Å². The van der Waals surface area contributed by atoms with E-state index in [1.54, 1.807) is 6.92 Å². The van der Waals surface area contributed by atoms with Crippen LogP contribution in [0.5, 0.6) is 5.75 Å². The van der Waals surface area contributed by atoms with E-state index in [-0.39, 0.29) is 17.8 Å². The van der Waals surface area contributed by atoms with Crippen molar-refractivity contribution < 1.29 is 14.3 Å². The molecule has 1 N–H and O–H groups in total. The molecule has 1 heterocycles. The fraction of sp³-hybridized carbons (Fsp3) is 0.200. The van der Waals surface area contributed by atoms with Crippen LogP contribution in [0.25, 0.3) is 11.1 Å². The average Bonchev–Trinajstić information content (AvgIpc) is 3.19. The molecule has 3 aromatic carbocycles. The van der Waals surface area contributed by atoms with Crippen molar-refractivity contribution >= 4 is 23.5 Å². The summed E-state index contributed by atoms with van der Waals surface area (Å²) in [6.07, 6.45) is 0.654. The number of fused-ring (bicyclic) bond motifs is 1. The predicted molar refractivity (Wildman–Crippen MR) is 120 cm³/mol. The number of ether oxygens (including phenoxy) is 1. The first-order valence-corrected chi connectivity index (χ1v) is 10.9. The maximum atomic E-state index is 12.2. The van der Waals surface area contributed by atoms with E-state index in [0.717, 1.165) is 39.3 Å². The zero-order chi connectivity index (χ0) is 20.9. The van der Waals surface area contributed by atoms with Gasteiger partial charge < -0.3 is 10.1 Å². The summed E-state index contributed by atoms with van der Waals surface area (Å²) < 4.78 is 6.00. The van der Waals surface area contributed by atoms with Gasteiger partial charge >= 0.3 is 0 Å². The summed E-state index contributed by atoms with van der Waals surface area (Å²) >= 11 is 1.52. The lowest BCUT2D eigenvalue weighted by Gasteiger charge is -2.12. The van der Waals surface area contributed by atoms with Crippen molar-refractivity contribution in [2.24, 2.45) is 0 Å². The van der Waals surface area contributed by atoms with Crippen molar-refractivity contribution in [2.45, 2.75) is 24.3 Å². The number of hydrogen-bond acceptors (Lipinski definition) is 4. The minimum Gasteiger partial charge on any atom is -0.488 e. The maximum absolute atomic E-state index is 12.2. The standard InChI is InChI=1S/C25H23NO3S/c1-17(27)22-9-5-6-10-23(22)18-11-12-24-19(13-18)14-20(29-24)15-26-25(28)16-30-21-7-3-2-4-8-21/h2-13,20H,14-16H2,1H3,(H,26,28)/t20-/m1/s1. The monoisotopic (exact) mass is 417 g/mol. The Balaban J connectivity index is 1.35. The van der Waals surface area contributed by atoms with E-state index < -0.39 is 0 Å². The summed E-state index contributed by atoms with van der Waals surface area (Å²) in [7, 11) is 0. The first kappa shape index (κ1) is 20.2. The molecule has 0 unspecified atom stereocenters. The van der Waals surface area contributed by atoms with Crippen LogP contribution in [0.15, 0.2) is 77.7 Å². The predicted octanol–water partition coefficient (Wildman–Crippen LogP) is 4.77. The van der Waals surface area contributed by atoms with Crippen LogP contribution in [0.2, 0.25) is 0 Å². The number of nitrogens with one attached hydrogen (secondary N) is 1. The van der Waals surface area contributed by atoms with Gasteiger partial charge in [-0.05, 0) is 47.9 Å². The fourth-order valence-electron chi connectivity index (χ4n) is 3.59. The van der Waals surface area contributed by atoms with Crippen LogP contribution in [-0.2, 0) is 11.2 Å². The van der Waals surface area contributed by atoms with E-state index in [9.17, 15) is 9.59 Å². The lowest BCUT2D eigenvalue weighted by Crippen LogP contribution is -2.35. The molecular formula is C25H23NO3S. The molecule has 0 saturated carbocycles. The molecule has 5 heteroatoms. The summed E-state index contributed by atoms with van der Waals surface area (Å²) in [5.74, 6) is 1.28. The molecule has 30 heavy (non-hydrogen) atoms. The summed E-state index contributed by atoms with van der Waals surface area (Å²) in [4.78, 5) is 25.2. The second kappa shape index (κ2) is 9.18. The highest BCUT2D eigenvalue weighted by Gasteiger charge is 2.24. The second-order valence-corrected chi connectivity index (χ2v) is 8.32. The molecule has 4 nitrogen and oxygen atoms in total. The molecule has 1 amide bonds. The van der Waals surface area contributed by atoms with E-state index in [1.807, 2.05) is 66.7 Å². The Morgan fingerprint density at radius 3 is 2.60 bits per heavy atom. The number of rotatable bonds is 7. The van der Waals surface area contributed by atoms with Gasteiger partial charge in [-0.3, -0.25) is 9.59 Å². The highest BCUT2D eigenvalue weighted by molar-refractivity contribution is 8.00. The number of carbonyl (C=O) groups excluding carboxylic acids is 2. The molecule has 0 fully saturated rings. The largest absolute Gasteiger partial charge is 0.488 e. The van der Waals surface area contributed by atoms with Gasteiger partial charge in [-0.25, -0.2) is 0 Å². The SMILES string of the molecule is CC(=O)c1ccccc1-c1ccc2c(c1)C[C@H](CNC(=O)CSc1ccccc1)O2. The smallest absolute Gasteiger partial charge is 0.230 e. The number of Topliss-reactive ketones (excluding diaryl/α,β-unsaturated/α-hetero) is 1. The van der Waals surface area contributed by atoms with Gasteiger partial charge in [-0.15, -0.1) is 11.8 Å². The van der Waals surface area contributed by atoms with Crippen LogP contribution in [0.4, 0.5) is 0 Å². The van der Waals surface area contributed by atoms with Gasteiger partial charge in [0.15, 0.2) is 5.78 Å². The van der Waals surface area contributed by atoms with Crippen LogP contribution in [0, 0.1) is 0 Å².